The first-order chi connectivity index (χ1) is 11.7. The molecule has 0 aliphatic carbocycles. The first-order valence-electron chi connectivity index (χ1n) is 7.99. The Hall–Kier alpha value is -2.54. The number of benzene rings is 1. The van der Waals surface area contributed by atoms with E-state index in [2.05, 4.69) is 24.9 Å². The molecule has 1 aliphatic rings. The molecule has 0 atom stereocenters. The number of hydrogen-bond acceptors (Lipinski definition) is 6. The van der Waals surface area contributed by atoms with Gasteiger partial charge in [-0.05, 0) is 19.1 Å². The molecule has 24 heavy (non-hydrogen) atoms. The van der Waals surface area contributed by atoms with Crippen LogP contribution in [0.4, 0.5) is 10.2 Å². The summed E-state index contributed by atoms with van der Waals surface area (Å²) in [5.41, 5.74) is 1.28. The molecule has 1 aliphatic heterocycles. The number of para-hydroxylation sites is 1. The van der Waals surface area contributed by atoms with E-state index in [0.29, 0.717) is 5.52 Å². The second-order valence-electron chi connectivity index (χ2n) is 6.03. The largest absolute Gasteiger partial charge is 0.360 e. The second kappa shape index (κ2) is 6.16. The van der Waals surface area contributed by atoms with Crippen molar-refractivity contribution in [3.63, 3.8) is 0 Å². The molecule has 0 amide bonds. The van der Waals surface area contributed by atoms with E-state index in [4.69, 9.17) is 4.52 Å². The average Bonchev–Trinajstić information content (AvgIpc) is 3.01. The molecule has 7 heteroatoms. The molecule has 0 N–H and O–H groups in total. The van der Waals surface area contributed by atoms with E-state index in [1.54, 1.807) is 6.07 Å². The molecule has 124 valence electrons. The summed E-state index contributed by atoms with van der Waals surface area (Å²) in [6.45, 7) is 6.12. The van der Waals surface area contributed by atoms with Gasteiger partial charge in [-0.15, -0.1) is 0 Å². The third-order valence-electron chi connectivity index (χ3n) is 4.32. The summed E-state index contributed by atoms with van der Waals surface area (Å²) in [7, 11) is 0. The molecular formula is C17H18FN5O. The van der Waals surface area contributed by atoms with Crippen molar-refractivity contribution in [3.05, 3.63) is 47.9 Å². The predicted octanol–water partition coefficient (Wildman–Crippen LogP) is 2.39. The molecule has 0 radical (unpaired) electrons. The van der Waals surface area contributed by atoms with Crippen molar-refractivity contribution < 1.29 is 8.91 Å². The van der Waals surface area contributed by atoms with Gasteiger partial charge in [-0.2, -0.15) is 0 Å². The second-order valence-corrected chi connectivity index (χ2v) is 6.03. The van der Waals surface area contributed by atoms with Gasteiger partial charge in [0.05, 0.1) is 12.2 Å². The molecular weight excluding hydrogens is 309 g/mol. The monoisotopic (exact) mass is 327 g/mol. The molecule has 1 aromatic carbocycles. The zero-order chi connectivity index (χ0) is 16.5. The number of piperazine rings is 1. The van der Waals surface area contributed by atoms with E-state index in [0.717, 1.165) is 55.4 Å². The van der Waals surface area contributed by atoms with E-state index in [1.165, 1.54) is 12.4 Å². The van der Waals surface area contributed by atoms with Gasteiger partial charge in [-0.1, -0.05) is 11.2 Å². The lowest BCUT2D eigenvalue weighted by Crippen LogP contribution is -2.46. The van der Waals surface area contributed by atoms with Crippen LogP contribution in [0, 0.1) is 12.7 Å². The van der Waals surface area contributed by atoms with Gasteiger partial charge in [0, 0.05) is 37.6 Å². The van der Waals surface area contributed by atoms with Crippen molar-refractivity contribution in [3.8, 4) is 0 Å². The van der Waals surface area contributed by atoms with E-state index in [1.807, 2.05) is 19.1 Å². The molecule has 0 saturated carbocycles. The van der Waals surface area contributed by atoms with Crippen LogP contribution in [0.5, 0.6) is 0 Å². The van der Waals surface area contributed by atoms with Gasteiger partial charge >= 0.3 is 0 Å². The fourth-order valence-corrected chi connectivity index (χ4v) is 3.12. The van der Waals surface area contributed by atoms with Gasteiger partial charge in [-0.25, -0.2) is 14.4 Å². The van der Waals surface area contributed by atoms with Crippen molar-refractivity contribution in [2.24, 2.45) is 0 Å². The summed E-state index contributed by atoms with van der Waals surface area (Å²) in [6.07, 6.45) is 1.43. The van der Waals surface area contributed by atoms with Crippen LogP contribution in [0.25, 0.3) is 10.9 Å². The SMILES string of the molecule is Cc1cc(CN2CCN(c3ncnc4c(F)cccc34)CC2)on1. The van der Waals surface area contributed by atoms with Gasteiger partial charge < -0.3 is 9.42 Å². The molecule has 1 fully saturated rings. The maximum Gasteiger partial charge on any atom is 0.150 e. The van der Waals surface area contributed by atoms with Crippen LogP contribution in [0.15, 0.2) is 35.1 Å². The number of rotatable bonds is 3. The van der Waals surface area contributed by atoms with Crippen LogP contribution in [-0.4, -0.2) is 46.2 Å². The van der Waals surface area contributed by atoms with Crippen molar-refractivity contribution in [2.75, 3.05) is 31.1 Å². The highest BCUT2D eigenvalue weighted by Gasteiger charge is 2.21. The lowest BCUT2D eigenvalue weighted by molar-refractivity contribution is 0.219. The topological polar surface area (TPSA) is 58.3 Å². The Labute approximate surface area is 138 Å². The van der Waals surface area contributed by atoms with Crippen LogP contribution < -0.4 is 4.90 Å². The van der Waals surface area contributed by atoms with Crippen molar-refractivity contribution in [1.29, 1.82) is 0 Å². The third-order valence-corrected chi connectivity index (χ3v) is 4.32. The zero-order valence-electron chi connectivity index (χ0n) is 13.4. The molecule has 0 spiro atoms. The van der Waals surface area contributed by atoms with Crippen LogP contribution in [0.3, 0.4) is 0 Å². The van der Waals surface area contributed by atoms with Crippen LogP contribution in [0.1, 0.15) is 11.5 Å². The number of hydrogen-bond donors (Lipinski definition) is 0. The molecule has 0 unspecified atom stereocenters. The van der Waals surface area contributed by atoms with Crippen molar-refractivity contribution >= 4 is 16.7 Å². The smallest absolute Gasteiger partial charge is 0.150 e. The molecule has 2 aromatic heterocycles. The fourth-order valence-electron chi connectivity index (χ4n) is 3.12. The summed E-state index contributed by atoms with van der Waals surface area (Å²) >= 11 is 0. The van der Waals surface area contributed by atoms with Crippen molar-refractivity contribution in [2.45, 2.75) is 13.5 Å². The number of fused-ring (bicyclic) bond motifs is 1. The highest BCUT2D eigenvalue weighted by atomic mass is 19.1. The Morgan fingerprint density at radius 2 is 2.00 bits per heavy atom. The summed E-state index contributed by atoms with van der Waals surface area (Å²) in [5.74, 6) is 1.38. The highest BCUT2D eigenvalue weighted by Crippen LogP contribution is 2.25. The first-order valence-corrected chi connectivity index (χ1v) is 7.99. The van der Waals surface area contributed by atoms with E-state index in [-0.39, 0.29) is 5.82 Å². The van der Waals surface area contributed by atoms with Crippen LogP contribution in [0.2, 0.25) is 0 Å². The Morgan fingerprint density at radius 1 is 1.17 bits per heavy atom. The van der Waals surface area contributed by atoms with Crippen LogP contribution in [-0.2, 0) is 6.54 Å². The molecule has 1 saturated heterocycles. The number of aromatic nitrogens is 3. The van der Waals surface area contributed by atoms with Gasteiger partial charge in [0.25, 0.3) is 0 Å². The lowest BCUT2D eigenvalue weighted by atomic mass is 10.2. The minimum atomic E-state index is -0.310. The first kappa shape index (κ1) is 15.0. The van der Waals surface area contributed by atoms with Gasteiger partial charge in [0.2, 0.25) is 0 Å². The minimum absolute atomic E-state index is 0.310. The standard InChI is InChI=1S/C17H18FN5O/c1-12-9-13(24-21-12)10-22-5-7-23(8-6-22)17-14-3-2-4-15(18)16(14)19-11-20-17/h2-4,9,11H,5-8,10H2,1H3. The maximum absolute atomic E-state index is 13.9. The van der Waals surface area contributed by atoms with Gasteiger partial charge in [0.1, 0.15) is 23.5 Å². The third kappa shape index (κ3) is 2.82. The van der Waals surface area contributed by atoms with E-state index < -0.39 is 0 Å². The Bertz CT molecular complexity index is 857. The number of aryl methyl sites for hydroxylation is 1. The minimum Gasteiger partial charge on any atom is -0.360 e. The fraction of sp³-hybridized carbons (Fsp3) is 0.353. The van der Waals surface area contributed by atoms with Crippen LogP contribution >= 0.6 is 0 Å². The predicted molar refractivity (Wildman–Crippen MR) is 88.2 cm³/mol. The Kier molecular flexibility index (Phi) is 3.86. The number of nitrogens with zero attached hydrogens (tertiary/aromatic N) is 5. The Morgan fingerprint density at radius 3 is 2.75 bits per heavy atom. The number of halogens is 1. The normalized spacial score (nSPS) is 16.0. The molecule has 0 bridgehead atoms. The van der Waals surface area contributed by atoms with Gasteiger partial charge in [-0.3, -0.25) is 4.90 Å². The highest BCUT2D eigenvalue weighted by molar-refractivity contribution is 5.89. The van der Waals surface area contributed by atoms with Gasteiger partial charge in [0.15, 0.2) is 5.76 Å². The van der Waals surface area contributed by atoms with E-state index in [9.17, 15) is 4.39 Å². The summed E-state index contributed by atoms with van der Waals surface area (Å²) in [4.78, 5) is 13.0. The zero-order valence-corrected chi connectivity index (χ0v) is 13.4. The number of anilines is 1. The molecule has 3 aromatic rings. The maximum atomic E-state index is 13.9. The summed E-state index contributed by atoms with van der Waals surface area (Å²) in [6, 6.07) is 6.97. The van der Waals surface area contributed by atoms with Crippen molar-refractivity contribution in [1.82, 2.24) is 20.0 Å². The van der Waals surface area contributed by atoms with E-state index >= 15 is 0 Å². The lowest BCUT2D eigenvalue weighted by Gasteiger charge is -2.35. The quantitative estimate of drug-likeness (QED) is 0.736. The summed E-state index contributed by atoms with van der Waals surface area (Å²) in [5, 5.41) is 4.68. The Balaban J connectivity index is 1.49. The molecule has 3 heterocycles. The summed E-state index contributed by atoms with van der Waals surface area (Å²) < 4.78 is 19.2. The average molecular weight is 327 g/mol. The molecule has 6 nitrogen and oxygen atoms in total. The molecule has 4 rings (SSSR count).